The lowest BCUT2D eigenvalue weighted by Gasteiger charge is -2.37. The molecule has 1 amide bonds. The second-order valence-corrected chi connectivity index (χ2v) is 5.87. The number of ether oxygens (including phenoxy) is 1. The maximum absolute atomic E-state index is 11.9. The number of halogens is 1. The van der Waals surface area contributed by atoms with Crippen LogP contribution in [0.25, 0.3) is 0 Å². The van der Waals surface area contributed by atoms with Crippen LogP contribution in [0.4, 0.5) is 4.79 Å². The maximum Gasteiger partial charge on any atom is 0.407 e. The molecule has 1 aliphatic carbocycles. The third-order valence-electron chi connectivity index (χ3n) is 3.75. The average Bonchev–Trinajstić information content (AvgIpc) is 2.46. The number of rotatable bonds is 4. The molecule has 2 rings (SSSR count). The van der Waals surface area contributed by atoms with Crippen LogP contribution in [0, 0.1) is 0 Å². The summed E-state index contributed by atoms with van der Waals surface area (Å²) >= 11 is 5.69. The van der Waals surface area contributed by atoms with E-state index in [2.05, 4.69) is 10.2 Å². The highest BCUT2D eigenvalue weighted by Gasteiger charge is 2.33. The van der Waals surface area contributed by atoms with E-state index in [1.54, 1.807) is 0 Å². The number of amides is 1. The van der Waals surface area contributed by atoms with E-state index in [0.29, 0.717) is 6.61 Å². The molecule has 1 saturated carbocycles. The zero-order chi connectivity index (χ0) is 14.4. The lowest BCUT2D eigenvalue weighted by Crippen LogP contribution is -2.51. The highest BCUT2D eigenvalue weighted by molar-refractivity contribution is 6.13. The van der Waals surface area contributed by atoms with Gasteiger partial charge in [-0.25, -0.2) is 9.63 Å². The Morgan fingerprint density at radius 2 is 2.20 bits per heavy atom. The summed E-state index contributed by atoms with van der Waals surface area (Å²) in [4.78, 5) is 14.7. The molecular weight excluding hydrogens is 276 g/mol. The molecule has 0 radical (unpaired) electrons. The van der Waals surface area contributed by atoms with Crippen molar-refractivity contribution in [2.75, 3.05) is 0 Å². The zero-order valence-electron chi connectivity index (χ0n) is 11.7. The molecule has 20 heavy (non-hydrogen) atoms. The highest BCUT2D eigenvalue weighted by atomic mass is 35.5. The summed E-state index contributed by atoms with van der Waals surface area (Å²) in [5.41, 5.74) is 0.732. The van der Waals surface area contributed by atoms with Gasteiger partial charge < -0.3 is 10.1 Å². The van der Waals surface area contributed by atoms with Crippen LogP contribution in [0.2, 0.25) is 0 Å². The lowest BCUT2D eigenvalue weighted by molar-refractivity contribution is 0.118. The second kappa shape index (κ2) is 6.95. The van der Waals surface area contributed by atoms with Crippen molar-refractivity contribution >= 4 is 17.9 Å². The Hall–Kier alpha value is -1.26. The minimum absolute atomic E-state index is 0.241. The average molecular weight is 297 g/mol. The van der Waals surface area contributed by atoms with Crippen molar-refractivity contribution in [2.24, 2.45) is 0 Å². The fourth-order valence-electron chi connectivity index (χ4n) is 2.70. The number of alkyl carbamates (subject to hydrolysis) is 1. The predicted molar refractivity (Wildman–Crippen MR) is 79.4 cm³/mol. The van der Waals surface area contributed by atoms with E-state index in [0.717, 1.165) is 31.2 Å². The number of carbonyl (C=O) groups excluding carboxylic acids is 1. The Kier molecular flexibility index (Phi) is 5.26. The molecule has 5 heteroatoms. The first-order chi connectivity index (χ1) is 9.61. The molecule has 2 N–H and O–H groups in total. The minimum Gasteiger partial charge on any atom is -0.445 e. The van der Waals surface area contributed by atoms with Crippen LogP contribution in [0.1, 0.15) is 38.2 Å². The Bertz CT molecular complexity index is 441. The predicted octanol–water partition coefficient (Wildman–Crippen LogP) is 3.36. The van der Waals surface area contributed by atoms with Crippen molar-refractivity contribution in [3.8, 4) is 0 Å². The van der Waals surface area contributed by atoms with E-state index in [9.17, 15) is 4.79 Å². The van der Waals surface area contributed by atoms with E-state index < -0.39 is 0 Å². The monoisotopic (exact) mass is 296 g/mol. The molecule has 2 atom stereocenters. The minimum atomic E-state index is -0.369. The lowest BCUT2D eigenvalue weighted by atomic mass is 9.81. The Morgan fingerprint density at radius 1 is 1.45 bits per heavy atom. The summed E-state index contributed by atoms with van der Waals surface area (Å²) in [6.45, 7) is 2.33. The van der Waals surface area contributed by atoms with Crippen LogP contribution in [0.3, 0.4) is 0 Å². The van der Waals surface area contributed by atoms with Gasteiger partial charge in [0.05, 0.1) is 0 Å². The van der Waals surface area contributed by atoms with Gasteiger partial charge in [0.2, 0.25) is 0 Å². The van der Waals surface area contributed by atoms with Gasteiger partial charge in [-0.3, -0.25) is 0 Å². The first-order valence-corrected chi connectivity index (χ1v) is 7.34. The van der Waals surface area contributed by atoms with E-state index in [1.807, 2.05) is 37.3 Å². The van der Waals surface area contributed by atoms with Gasteiger partial charge in [0.15, 0.2) is 0 Å². The summed E-state index contributed by atoms with van der Waals surface area (Å²) in [5.74, 6) is 0. The fraction of sp³-hybridized carbons (Fsp3) is 0.533. The van der Waals surface area contributed by atoms with Crippen molar-refractivity contribution in [2.45, 2.75) is 50.8 Å². The van der Waals surface area contributed by atoms with Crippen LogP contribution in [0.15, 0.2) is 30.3 Å². The van der Waals surface area contributed by atoms with E-state index >= 15 is 0 Å². The molecule has 1 aromatic carbocycles. The summed E-state index contributed by atoms with van der Waals surface area (Å²) < 4.78 is 5.26. The molecule has 1 aliphatic rings. The first kappa shape index (κ1) is 15.1. The SMILES string of the molecule is CC1(NC(=O)OCc2ccccc2)CCCC(NCl)C1. The van der Waals surface area contributed by atoms with Crippen LogP contribution in [-0.4, -0.2) is 17.7 Å². The Balaban J connectivity index is 1.81. The Labute approximate surface area is 124 Å². The van der Waals surface area contributed by atoms with Crippen molar-refractivity contribution in [1.29, 1.82) is 0 Å². The maximum atomic E-state index is 11.9. The molecule has 0 aliphatic heterocycles. The number of nitrogens with one attached hydrogen (secondary N) is 2. The second-order valence-electron chi connectivity index (χ2n) is 5.65. The molecule has 1 fully saturated rings. The zero-order valence-corrected chi connectivity index (χ0v) is 12.5. The quantitative estimate of drug-likeness (QED) is 0.838. The van der Waals surface area contributed by atoms with Crippen molar-refractivity contribution in [3.05, 3.63) is 35.9 Å². The molecule has 0 bridgehead atoms. The third-order valence-corrected chi connectivity index (χ3v) is 4.06. The molecular formula is C15H21ClN2O2. The van der Waals surface area contributed by atoms with Gasteiger partial charge >= 0.3 is 6.09 Å². The van der Waals surface area contributed by atoms with Gasteiger partial charge in [-0.1, -0.05) is 30.3 Å². The largest absolute Gasteiger partial charge is 0.445 e. The summed E-state index contributed by atoms with van der Waals surface area (Å²) in [6.07, 6.45) is 3.48. The smallest absolute Gasteiger partial charge is 0.407 e. The molecule has 4 nitrogen and oxygen atoms in total. The molecule has 110 valence electrons. The first-order valence-electron chi connectivity index (χ1n) is 6.96. The van der Waals surface area contributed by atoms with Crippen LogP contribution in [0.5, 0.6) is 0 Å². The third kappa shape index (κ3) is 4.39. The number of carbonyl (C=O) groups is 1. The number of benzene rings is 1. The summed E-state index contributed by atoms with van der Waals surface area (Å²) in [7, 11) is 0. The van der Waals surface area contributed by atoms with Gasteiger partial charge in [0.25, 0.3) is 0 Å². The normalized spacial score (nSPS) is 26.0. The molecule has 0 aromatic heterocycles. The molecule has 1 aromatic rings. The van der Waals surface area contributed by atoms with Crippen molar-refractivity contribution in [1.82, 2.24) is 10.2 Å². The van der Waals surface area contributed by atoms with Gasteiger partial charge in [0.1, 0.15) is 6.61 Å². The van der Waals surface area contributed by atoms with Gasteiger partial charge in [-0.2, -0.15) is 0 Å². The van der Waals surface area contributed by atoms with E-state index in [-0.39, 0.29) is 17.7 Å². The molecule has 0 spiro atoms. The molecule has 2 unspecified atom stereocenters. The highest BCUT2D eigenvalue weighted by Crippen LogP contribution is 2.28. The summed E-state index contributed by atoms with van der Waals surface area (Å²) in [6, 6.07) is 9.90. The van der Waals surface area contributed by atoms with E-state index in [4.69, 9.17) is 16.5 Å². The van der Waals surface area contributed by atoms with Crippen LogP contribution in [-0.2, 0) is 11.3 Å². The Morgan fingerprint density at radius 3 is 2.90 bits per heavy atom. The van der Waals surface area contributed by atoms with Crippen molar-refractivity contribution in [3.63, 3.8) is 0 Å². The van der Waals surface area contributed by atoms with Crippen LogP contribution >= 0.6 is 11.8 Å². The number of hydrogen-bond donors (Lipinski definition) is 2. The van der Waals surface area contributed by atoms with E-state index in [1.165, 1.54) is 0 Å². The van der Waals surface area contributed by atoms with Gasteiger partial charge in [-0.15, -0.1) is 0 Å². The molecule has 0 heterocycles. The van der Waals surface area contributed by atoms with Crippen molar-refractivity contribution < 1.29 is 9.53 Å². The van der Waals surface area contributed by atoms with Crippen LogP contribution < -0.4 is 10.2 Å². The number of hydrogen-bond acceptors (Lipinski definition) is 3. The van der Waals surface area contributed by atoms with Gasteiger partial charge in [0, 0.05) is 11.6 Å². The van der Waals surface area contributed by atoms with Gasteiger partial charge in [-0.05, 0) is 49.9 Å². The standard InChI is InChI=1S/C15H21ClN2O2/c1-15(9-5-8-13(10-15)18-16)17-14(19)20-11-12-6-3-2-4-7-12/h2-4,6-7,13,18H,5,8-11H2,1H3,(H,17,19). The summed E-state index contributed by atoms with van der Waals surface area (Å²) in [5, 5.41) is 2.97. The topological polar surface area (TPSA) is 50.4 Å². The fourth-order valence-corrected chi connectivity index (χ4v) is 2.89. The molecule has 0 saturated heterocycles.